The molecule has 1 atom stereocenters. The lowest BCUT2D eigenvalue weighted by Crippen LogP contribution is -2.34. The normalized spacial score (nSPS) is 16.9. The smallest absolute Gasteiger partial charge is 0.157 e. The summed E-state index contributed by atoms with van der Waals surface area (Å²) in [4.78, 5) is 13.4. The van der Waals surface area contributed by atoms with E-state index in [1.165, 1.54) is 6.07 Å². The van der Waals surface area contributed by atoms with Crippen LogP contribution in [0.5, 0.6) is 17.2 Å². The summed E-state index contributed by atoms with van der Waals surface area (Å²) in [5.74, 6) is 1.19. The highest BCUT2D eigenvalue weighted by molar-refractivity contribution is 5.83. The molecule has 5 heteroatoms. The molecule has 0 bridgehead atoms. The third-order valence-electron chi connectivity index (χ3n) is 4.35. The zero-order valence-electron chi connectivity index (χ0n) is 13.6. The Bertz CT molecular complexity index is 716. The van der Waals surface area contributed by atoms with Crippen LogP contribution in [0.1, 0.15) is 23.2 Å². The van der Waals surface area contributed by atoms with Crippen molar-refractivity contribution >= 4 is 12.0 Å². The summed E-state index contributed by atoms with van der Waals surface area (Å²) >= 11 is 0. The number of phenols is 1. The quantitative estimate of drug-likeness (QED) is 0.825. The fourth-order valence-electron chi connectivity index (χ4n) is 3.10. The topological polar surface area (TPSA) is 59.0 Å². The molecular weight excluding hydrogens is 306 g/mol. The average molecular weight is 327 g/mol. The van der Waals surface area contributed by atoms with Gasteiger partial charge in [-0.05, 0) is 37.1 Å². The van der Waals surface area contributed by atoms with Gasteiger partial charge in [-0.2, -0.15) is 0 Å². The Morgan fingerprint density at radius 2 is 2.12 bits per heavy atom. The van der Waals surface area contributed by atoms with E-state index < -0.39 is 0 Å². The number of aldehydes is 1. The summed E-state index contributed by atoms with van der Waals surface area (Å²) in [6, 6.07) is 13.1. The molecule has 0 aliphatic carbocycles. The molecule has 1 saturated heterocycles. The van der Waals surface area contributed by atoms with Crippen molar-refractivity contribution in [2.45, 2.75) is 18.9 Å². The summed E-state index contributed by atoms with van der Waals surface area (Å²) < 4.78 is 11.1. The van der Waals surface area contributed by atoms with Gasteiger partial charge in [0, 0.05) is 18.3 Å². The van der Waals surface area contributed by atoms with E-state index in [0.29, 0.717) is 18.6 Å². The first-order valence-electron chi connectivity index (χ1n) is 8.03. The lowest BCUT2D eigenvalue weighted by Gasteiger charge is -2.27. The Morgan fingerprint density at radius 1 is 1.29 bits per heavy atom. The van der Waals surface area contributed by atoms with Crippen molar-refractivity contribution in [3.8, 4) is 17.2 Å². The Labute approximate surface area is 141 Å². The van der Waals surface area contributed by atoms with Crippen LogP contribution in [0.4, 0.5) is 5.69 Å². The van der Waals surface area contributed by atoms with Gasteiger partial charge in [0.25, 0.3) is 0 Å². The van der Waals surface area contributed by atoms with Crippen LogP contribution in [0.15, 0.2) is 42.5 Å². The molecule has 5 nitrogen and oxygen atoms in total. The van der Waals surface area contributed by atoms with Gasteiger partial charge in [0.05, 0.1) is 18.7 Å². The monoisotopic (exact) mass is 327 g/mol. The molecule has 1 aliphatic rings. The van der Waals surface area contributed by atoms with Crippen molar-refractivity contribution in [2.75, 3.05) is 25.2 Å². The van der Waals surface area contributed by atoms with Crippen molar-refractivity contribution in [3.05, 3.63) is 48.0 Å². The number of rotatable bonds is 6. The maximum absolute atomic E-state index is 11.1. The number of ether oxygens (including phenoxy) is 2. The molecule has 0 aromatic heterocycles. The molecule has 0 unspecified atom stereocenters. The molecular formula is C19H21NO4. The fourth-order valence-corrected chi connectivity index (χ4v) is 3.10. The first kappa shape index (κ1) is 16.2. The maximum Gasteiger partial charge on any atom is 0.157 e. The average Bonchev–Trinajstić information content (AvgIpc) is 3.08. The maximum atomic E-state index is 11.1. The highest BCUT2D eigenvalue weighted by Gasteiger charge is 2.26. The largest absolute Gasteiger partial charge is 0.507 e. The molecule has 0 saturated carbocycles. The number of phenolic OH excluding ortho intramolecular Hbond substituents is 1. The minimum atomic E-state index is -0.0569. The molecule has 1 fully saturated rings. The number of methoxy groups -OCH3 is 1. The SMILES string of the molecule is COc1cccc(N2CCC[C@H]2COc2cccc(O)c2C=O)c1. The molecule has 1 aliphatic heterocycles. The van der Waals surface area contributed by atoms with E-state index in [4.69, 9.17) is 9.47 Å². The summed E-state index contributed by atoms with van der Waals surface area (Å²) in [7, 11) is 1.66. The van der Waals surface area contributed by atoms with E-state index in [2.05, 4.69) is 11.0 Å². The number of nitrogens with zero attached hydrogens (tertiary/aromatic N) is 1. The predicted octanol–water partition coefficient (Wildman–Crippen LogP) is 3.26. The summed E-state index contributed by atoms with van der Waals surface area (Å²) in [6.45, 7) is 1.42. The molecule has 1 N–H and O–H groups in total. The van der Waals surface area contributed by atoms with Crippen LogP contribution in [0.3, 0.4) is 0 Å². The van der Waals surface area contributed by atoms with Crippen LogP contribution in [0.2, 0.25) is 0 Å². The molecule has 0 radical (unpaired) electrons. The number of aromatic hydroxyl groups is 1. The first-order chi connectivity index (χ1) is 11.7. The van der Waals surface area contributed by atoms with Gasteiger partial charge in [-0.3, -0.25) is 4.79 Å². The van der Waals surface area contributed by atoms with E-state index >= 15 is 0 Å². The highest BCUT2D eigenvalue weighted by atomic mass is 16.5. The van der Waals surface area contributed by atoms with Crippen molar-refractivity contribution in [1.82, 2.24) is 0 Å². The third kappa shape index (κ3) is 3.30. The van der Waals surface area contributed by atoms with Gasteiger partial charge in [-0.25, -0.2) is 0 Å². The summed E-state index contributed by atoms with van der Waals surface area (Å²) in [6.07, 6.45) is 2.73. The first-order valence-corrected chi connectivity index (χ1v) is 8.03. The van der Waals surface area contributed by atoms with Gasteiger partial charge in [0.2, 0.25) is 0 Å². The van der Waals surface area contributed by atoms with Gasteiger partial charge < -0.3 is 19.5 Å². The minimum Gasteiger partial charge on any atom is -0.507 e. The number of hydrogen-bond donors (Lipinski definition) is 1. The number of anilines is 1. The fraction of sp³-hybridized carbons (Fsp3) is 0.316. The van der Waals surface area contributed by atoms with Gasteiger partial charge in [0.1, 0.15) is 23.9 Å². The molecule has 2 aromatic carbocycles. The third-order valence-corrected chi connectivity index (χ3v) is 4.35. The van der Waals surface area contributed by atoms with Crippen LogP contribution >= 0.6 is 0 Å². The minimum absolute atomic E-state index is 0.0569. The Hall–Kier alpha value is -2.69. The molecule has 1 heterocycles. The second kappa shape index (κ2) is 7.25. The van der Waals surface area contributed by atoms with Crippen molar-refractivity contribution < 1.29 is 19.4 Å². The van der Waals surface area contributed by atoms with Gasteiger partial charge in [-0.1, -0.05) is 12.1 Å². The van der Waals surface area contributed by atoms with Gasteiger partial charge in [0.15, 0.2) is 6.29 Å². The van der Waals surface area contributed by atoms with E-state index in [9.17, 15) is 9.90 Å². The lowest BCUT2D eigenvalue weighted by atomic mass is 10.2. The van der Waals surface area contributed by atoms with Crippen LogP contribution in [0, 0.1) is 0 Å². The van der Waals surface area contributed by atoms with Gasteiger partial charge >= 0.3 is 0 Å². The van der Waals surface area contributed by atoms with E-state index in [1.54, 1.807) is 19.2 Å². The zero-order valence-corrected chi connectivity index (χ0v) is 13.6. The van der Waals surface area contributed by atoms with Crippen LogP contribution < -0.4 is 14.4 Å². The number of hydrogen-bond acceptors (Lipinski definition) is 5. The van der Waals surface area contributed by atoms with Crippen LogP contribution in [-0.2, 0) is 0 Å². The Morgan fingerprint density at radius 3 is 2.92 bits per heavy atom. The summed E-state index contributed by atoms with van der Waals surface area (Å²) in [5.41, 5.74) is 1.30. The second-order valence-electron chi connectivity index (χ2n) is 5.81. The molecule has 24 heavy (non-hydrogen) atoms. The number of carbonyl (C=O) groups is 1. The van der Waals surface area contributed by atoms with Gasteiger partial charge in [-0.15, -0.1) is 0 Å². The van der Waals surface area contributed by atoms with Crippen LogP contribution in [-0.4, -0.2) is 37.7 Å². The van der Waals surface area contributed by atoms with Crippen molar-refractivity contribution in [1.29, 1.82) is 0 Å². The zero-order chi connectivity index (χ0) is 16.9. The van der Waals surface area contributed by atoms with E-state index in [0.717, 1.165) is 30.8 Å². The number of carbonyl (C=O) groups excluding carboxylic acids is 1. The van der Waals surface area contributed by atoms with Crippen LogP contribution in [0.25, 0.3) is 0 Å². The summed E-state index contributed by atoms with van der Waals surface area (Å²) in [5, 5.41) is 9.74. The molecule has 0 spiro atoms. The highest BCUT2D eigenvalue weighted by Crippen LogP contribution is 2.30. The second-order valence-corrected chi connectivity index (χ2v) is 5.81. The molecule has 0 amide bonds. The van der Waals surface area contributed by atoms with Crippen molar-refractivity contribution in [2.24, 2.45) is 0 Å². The molecule has 126 valence electrons. The predicted molar refractivity (Wildman–Crippen MR) is 92.4 cm³/mol. The standard InChI is InChI=1S/C19H21NO4/c1-23-16-7-2-5-14(11-16)20-10-4-6-15(20)13-24-19-9-3-8-18(22)17(19)12-21/h2-3,5,7-9,11-12,15,22H,4,6,10,13H2,1H3/t15-/m0/s1. The Balaban J connectivity index is 1.73. The van der Waals surface area contributed by atoms with E-state index in [-0.39, 0.29) is 17.4 Å². The lowest BCUT2D eigenvalue weighted by molar-refractivity contribution is 0.111. The molecule has 3 rings (SSSR count). The van der Waals surface area contributed by atoms with E-state index in [1.807, 2.05) is 18.2 Å². The molecule has 2 aromatic rings. The number of benzene rings is 2. The Kier molecular flexibility index (Phi) is 4.89. The van der Waals surface area contributed by atoms with Crippen molar-refractivity contribution in [3.63, 3.8) is 0 Å².